The largest absolute Gasteiger partial charge is 0.341 e. The summed E-state index contributed by atoms with van der Waals surface area (Å²) in [6.07, 6.45) is 4.50. The van der Waals surface area contributed by atoms with Gasteiger partial charge in [0.15, 0.2) is 0 Å². The molecular weight excluding hydrogens is 360 g/mol. The third kappa shape index (κ3) is 5.40. The number of benzene rings is 2. The molecule has 1 N–H and O–H groups in total. The smallest absolute Gasteiger partial charge is 0.241 e. The SMILES string of the molecule is O=C([C@H](Cc1ccccc1)NS(=O)(=O)c1ccccc1)N1CCCCCC1. The Labute approximate surface area is 161 Å². The van der Waals surface area contributed by atoms with Crippen LogP contribution in [0.1, 0.15) is 31.2 Å². The Morgan fingerprint density at radius 1 is 0.889 bits per heavy atom. The summed E-state index contributed by atoms with van der Waals surface area (Å²) in [6, 6.07) is 16.9. The molecule has 0 aromatic heterocycles. The van der Waals surface area contributed by atoms with Gasteiger partial charge in [-0.3, -0.25) is 4.79 Å². The van der Waals surface area contributed by atoms with Crippen molar-refractivity contribution in [2.75, 3.05) is 13.1 Å². The number of carbonyl (C=O) groups is 1. The first-order valence-electron chi connectivity index (χ1n) is 9.46. The van der Waals surface area contributed by atoms with Crippen molar-refractivity contribution in [3.05, 3.63) is 66.2 Å². The molecule has 3 rings (SSSR count). The van der Waals surface area contributed by atoms with E-state index in [1.807, 2.05) is 35.2 Å². The Morgan fingerprint density at radius 3 is 2.04 bits per heavy atom. The van der Waals surface area contributed by atoms with Gasteiger partial charge in [0.1, 0.15) is 6.04 Å². The summed E-state index contributed by atoms with van der Waals surface area (Å²) in [6.45, 7) is 1.38. The first-order valence-corrected chi connectivity index (χ1v) is 10.9. The van der Waals surface area contributed by atoms with Crippen LogP contribution in [0.5, 0.6) is 0 Å². The topological polar surface area (TPSA) is 66.5 Å². The Morgan fingerprint density at radius 2 is 1.44 bits per heavy atom. The normalized spacial score (nSPS) is 16.5. The van der Waals surface area contributed by atoms with Gasteiger partial charge in [0.05, 0.1) is 4.90 Å². The summed E-state index contributed by atoms with van der Waals surface area (Å²) in [5, 5.41) is 0. The molecule has 0 unspecified atom stereocenters. The van der Waals surface area contributed by atoms with Crippen LogP contribution in [0.4, 0.5) is 0 Å². The van der Waals surface area contributed by atoms with Gasteiger partial charge in [0.2, 0.25) is 15.9 Å². The molecule has 1 fully saturated rings. The standard InChI is InChI=1S/C21H26N2O3S/c24-21(23-15-9-1-2-10-16-23)20(17-18-11-5-3-6-12-18)22-27(25,26)19-13-7-4-8-14-19/h3-8,11-14,20,22H,1-2,9-10,15-17H2/t20-/m0/s1. The molecule has 1 aliphatic rings. The van der Waals surface area contributed by atoms with Crippen LogP contribution >= 0.6 is 0 Å². The van der Waals surface area contributed by atoms with Crippen LogP contribution in [0.25, 0.3) is 0 Å². The number of nitrogens with zero attached hydrogens (tertiary/aromatic N) is 1. The van der Waals surface area contributed by atoms with E-state index in [0.29, 0.717) is 19.5 Å². The van der Waals surface area contributed by atoms with E-state index in [1.54, 1.807) is 30.3 Å². The van der Waals surface area contributed by atoms with Gasteiger partial charge in [-0.05, 0) is 37.0 Å². The number of sulfonamides is 1. The van der Waals surface area contributed by atoms with E-state index in [1.165, 1.54) is 0 Å². The fourth-order valence-electron chi connectivity index (χ4n) is 3.40. The molecule has 0 saturated carbocycles. The lowest BCUT2D eigenvalue weighted by molar-refractivity contribution is -0.132. The second kappa shape index (κ2) is 9.15. The summed E-state index contributed by atoms with van der Waals surface area (Å²) in [5.41, 5.74) is 0.932. The number of nitrogens with one attached hydrogen (secondary N) is 1. The van der Waals surface area contributed by atoms with Crippen molar-refractivity contribution in [1.82, 2.24) is 9.62 Å². The first kappa shape index (κ1) is 19.6. The summed E-state index contributed by atoms with van der Waals surface area (Å²) in [7, 11) is -3.77. The van der Waals surface area contributed by atoms with Gasteiger partial charge in [-0.25, -0.2) is 8.42 Å². The lowest BCUT2D eigenvalue weighted by Gasteiger charge is -2.27. The monoisotopic (exact) mass is 386 g/mol. The van der Waals surface area contributed by atoms with Crippen LogP contribution in [-0.2, 0) is 21.2 Å². The van der Waals surface area contributed by atoms with Crippen LogP contribution in [0.2, 0.25) is 0 Å². The van der Waals surface area contributed by atoms with Gasteiger partial charge < -0.3 is 4.90 Å². The minimum absolute atomic E-state index is 0.139. The predicted octanol–water partition coefficient (Wildman–Crippen LogP) is 2.98. The van der Waals surface area contributed by atoms with Crippen LogP contribution in [0.15, 0.2) is 65.6 Å². The molecule has 1 saturated heterocycles. The third-order valence-corrected chi connectivity index (χ3v) is 6.34. The van der Waals surface area contributed by atoms with E-state index in [2.05, 4.69) is 4.72 Å². The van der Waals surface area contributed by atoms with Crippen molar-refractivity contribution in [3.63, 3.8) is 0 Å². The number of rotatable bonds is 6. The molecule has 1 aliphatic heterocycles. The predicted molar refractivity (Wildman–Crippen MR) is 106 cm³/mol. The average molecular weight is 387 g/mol. The number of hydrogen-bond donors (Lipinski definition) is 1. The summed E-state index contributed by atoms with van der Waals surface area (Å²) in [4.78, 5) is 15.1. The van der Waals surface area contributed by atoms with Gasteiger partial charge in [-0.1, -0.05) is 61.4 Å². The highest BCUT2D eigenvalue weighted by Crippen LogP contribution is 2.15. The minimum atomic E-state index is -3.77. The number of carbonyl (C=O) groups excluding carboxylic acids is 1. The van der Waals surface area contributed by atoms with Crippen molar-refractivity contribution in [3.8, 4) is 0 Å². The zero-order valence-electron chi connectivity index (χ0n) is 15.4. The molecule has 144 valence electrons. The number of likely N-dealkylation sites (tertiary alicyclic amines) is 1. The van der Waals surface area contributed by atoms with Gasteiger partial charge >= 0.3 is 0 Å². The van der Waals surface area contributed by atoms with Crippen LogP contribution < -0.4 is 4.72 Å². The number of hydrogen-bond acceptors (Lipinski definition) is 3. The molecule has 0 aliphatic carbocycles. The highest BCUT2D eigenvalue weighted by molar-refractivity contribution is 7.89. The lowest BCUT2D eigenvalue weighted by Crippen LogP contribution is -2.49. The molecule has 0 radical (unpaired) electrons. The Hall–Kier alpha value is -2.18. The van der Waals surface area contributed by atoms with Crippen molar-refractivity contribution >= 4 is 15.9 Å². The zero-order chi connectivity index (χ0) is 19.1. The minimum Gasteiger partial charge on any atom is -0.341 e. The van der Waals surface area contributed by atoms with E-state index in [9.17, 15) is 13.2 Å². The van der Waals surface area contributed by atoms with Crippen LogP contribution in [0, 0.1) is 0 Å². The number of amides is 1. The fourth-order valence-corrected chi connectivity index (χ4v) is 4.61. The molecule has 1 heterocycles. The van der Waals surface area contributed by atoms with Gasteiger partial charge in [-0.15, -0.1) is 0 Å². The molecule has 5 nitrogen and oxygen atoms in total. The summed E-state index contributed by atoms with van der Waals surface area (Å²) >= 11 is 0. The van der Waals surface area contributed by atoms with E-state index in [0.717, 1.165) is 31.2 Å². The molecule has 2 aromatic rings. The maximum Gasteiger partial charge on any atom is 0.241 e. The molecule has 2 aromatic carbocycles. The van der Waals surface area contributed by atoms with Crippen molar-refractivity contribution < 1.29 is 13.2 Å². The molecule has 0 bridgehead atoms. The van der Waals surface area contributed by atoms with E-state index in [4.69, 9.17) is 0 Å². The van der Waals surface area contributed by atoms with Crippen LogP contribution in [0.3, 0.4) is 0 Å². The maximum atomic E-state index is 13.2. The Kier molecular flexibility index (Phi) is 6.63. The van der Waals surface area contributed by atoms with Crippen molar-refractivity contribution in [2.45, 2.75) is 43.0 Å². The Bertz CT molecular complexity index is 830. The van der Waals surface area contributed by atoms with E-state index in [-0.39, 0.29) is 10.8 Å². The first-order chi connectivity index (χ1) is 13.1. The molecule has 1 amide bonds. The van der Waals surface area contributed by atoms with E-state index >= 15 is 0 Å². The zero-order valence-corrected chi connectivity index (χ0v) is 16.2. The second-order valence-corrected chi connectivity index (χ2v) is 8.63. The quantitative estimate of drug-likeness (QED) is 0.830. The Balaban J connectivity index is 1.83. The molecule has 0 spiro atoms. The molecule has 6 heteroatoms. The average Bonchev–Trinajstić information content (AvgIpc) is 2.98. The van der Waals surface area contributed by atoms with Gasteiger partial charge in [0.25, 0.3) is 0 Å². The van der Waals surface area contributed by atoms with Gasteiger partial charge in [-0.2, -0.15) is 4.72 Å². The molecule has 27 heavy (non-hydrogen) atoms. The van der Waals surface area contributed by atoms with Crippen molar-refractivity contribution in [2.24, 2.45) is 0 Å². The summed E-state index contributed by atoms with van der Waals surface area (Å²) < 4.78 is 28.3. The fraction of sp³-hybridized carbons (Fsp3) is 0.381. The highest BCUT2D eigenvalue weighted by Gasteiger charge is 2.29. The van der Waals surface area contributed by atoms with E-state index < -0.39 is 16.1 Å². The van der Waals surface area contributed by atoms with Crippen LogP contribution in [-0.4, -0.2) is 38.4 Å². The maximum absolute atomic E-state index is 13.2. The van der Waals surface area contributed by atoms with Gasteiger partial charge in [0, 0.05) is 13.1 Å². The van der Waals surface area contributed by atoms with Crippen molar-refractivity contribution in [1.29, 1.82) is 0 Å². The molecular formula is C21H26N2O3S. The highest BCUT2D eigenvalue weighted by atomic mass is 32.2. The molecule has 1 atom stereocenters. The second-order valence-electron chi connectivity index (χ2n) is 6.92. The summed E-state index contributed by atoms with van der Waals surface area (Å²) in [5.74, 6) is -0.139. The third-order valence-electron chi connectivity index (χ3n) is 4.85. The lowest BCUT2D eigenvalue weighted by atomic mass is 10.1.